The van der Waals surface area contributed by atoms with Crippen LogP contribution in [0.2, 0.25) is 0 Å². The van der Waals surface area contributed by atoms with Crippen LogP contribution in [0, 0.1) is 6.92 Å². The first-order valence-electron chi connectivity index (χ1n) is 9.90. The number of benzene rings is 1. The molecule has 1 aliphatic heterocycles. The maximum absolute atomic E-state index is 13.1. The van der Waals surface area contributed by atoms with Gasteiger partial charge in [-0.2, -0.15) is 0 Å². The molecule has 0 radical (unpaired) electrons. The van der Waals surface area contributed by atoms with E-state index in [1.165, 1.54) is 0 Å². The summed E-state index contributed by atoms with van der Waals surface area (Å²) in [5.74, 6) is 0.991. The highest BCUT2D eigenvalue weighted by molar-refractivity contribution is 5.98. The highest BCUT2D eigenvalue weighted by Gasteiger charge is 2.30. The van der Waals surface area contributed by atoms with Crippen LogP contribution in [0.25, 0.3) is 22.1 Å². The second-order valence-corrected chi connectivity index (χ2v) is 7.92. The average molecular weight is 388 g/mol. The van der Waals surface area contributed by atoms with Gasteiger partial charge < -0.3 is 19.4 Å². The minimum atomic E-state index is 0.0464. The molecule has 1 saturated heterocycles. The van der Waals surface area contributed by atoms with E-state index in [9.17, 15) is 4.79 Å². The molecular formula is C22H24N6O. The second kappa shape index (κ2) is 6.62. The van der Waals surface area contributed by atoms with Gasteiger partial charge in [0.1, 0.15) is 17.0 Å². The number of carbonyl (C=O) groups excluding carboxylic acids is 1. The fraction of sp³-hybridized carbons (Fsp3) is 0.318. The maximum Gasteiger partial charge on any atom is 0.270 e. The van der Waals surface area contributed by atoms with Gasteiger partial charge in [-0.05, 0) is 43.7 Å². The van der Waals surface area contributed by atoms with Gasteiger partial charge in [0, 0.05) is 50.0 Å². The van der Waals surface area contributed by atoms with Crippen LogP contribution in [0.4, 0.5) is 5.69 Å². The quantitative estimate of drug-likeness (QED) is 0.584. The Morgan fingerprint density at radius 1 is 1.24 bits per heavy atom. The van der Waals surface area contributed by atoms with Crippen molar-refractivity contribution in [3.8, 4) is 0 Å². The Balaban J connectivity index is 1.40. The first kappa shape index (κ1) is 17.7. The van der Waals surface area contributed by atoms with Gasteiger partial charge in [-0.1, -0.05) is 6.07 Å². The molecule has 148 valence electrons. The fourth-order valence-corrected chi connectivity index (χ4v) is 4.30. The van der Waals surface area contributed by atoms with Crippen molar-refractivity contribution in [1.82, 2.24) is 24.4 Å². The van der Waals surface area contributed by atoms with Crippen molar-refractivity contribution in [2.24, 2.45) is 0 Å². The van der Waals surface area contributed by atoms with Crippen molar-refractivity contribution < 1.29 is 4.79 Å². The molecule has 0 unspecified atom stereocenters. The molecule has 3 aromatic heterocycles. The summed E-state index contributed by atoms with van der Waals surface area (Å²) < 4.78 is 2.18. The van der Waals surface area contributed by atoms with Gasteiger partial charge in [0.05, 0.1) is 6.04 Å². The van der Waals surface area contributed by atoms with Crippen LogP contribution in [0.5, 0.6) is 0 Å². The van der Waals surface area contributed by atoms with E-state index in [-0.39, 0.29) is 11.9 Å². The number of aromatic nitrogens is 4. The molecule has 29 heavy (non-hydrogen) atoms. The van der Waals surface area contributed by atoms with Crippen LogP contribution in [0.15, 0.2) is 42.6 Å². The largest absolute Gasteiger partial charge is 0.378 e. The van der Waals surface area contributed by atoms with Crippen molar-refractivity contribution in [3.63, 3.8) is 0 Å². The van der Waals surface area contributed by atoms with Crippen molar-refractivity contribution >= 4 is 33.7 Å². The zero-order chi connectivity index (χ0) is 20.1. The monoisotopic (exact) mass is 388 g/mol. The number of carbonyl (C=O) groups is 1. The highest BCUT2D eigenvalue weighted by atomic mass is 16.2. The van der Waals surface area contributed by atoms with Crippen molar-refractivity contribution in [2.75, 3.05) is 32.1 Å². The van der Waals surface area contributed by atoms with E-state index in [4.69, 9.17) is 0 Å². The number of rotatable bonds is 3. The topological polar surface area (TPSA) is 70.1 Å². The number of likely N-dealkylation sites (tertiary alicyclic amines) is 1. The van der Waals surface area contributed by atoms with E-state index in [1.807, 2.05) is 44.1 Å². The first-order valence-corrected chi connectivity index (χ1v) is 9.90. The van der Waals surface area contributed by atoms with E-state index in [0.29, 0.717) is 12.2 Å². The molecule has 1 aliphatic rings. The molecule has 1 atom stereocenters. The van der Waals surface area contributed by atoms with E-state index >= 15 is 0 Å². The molecule has 1 aromatic carbocycles. The van der Waals surface area contributed by atoms with Gasteiger partial charge in [0.15, 0.2) is 5.65 Å². The number of amides is 1. The number of pyridine rings is 1. The van der Waals surface area contributed by atoms with E-state index in [0.717, 1.165) is 46.5 Å². The molecule has 0 spiro atoms. The SMILES string of the molecule is Cc1nc2cccnc2n1[C@@H]1CCN(C(=O)c2cc3ccc(N(C)C)cc3[nH]2)C1. The Bertz CT molecular complexity index is 1220. The molecule has 1 fully saturated rings. The van der Waals surface area contributed by atoms with Gasteiger partial charge in [0.25, 0.3) is 5.91 Å². The number of imidazole rings is 1. The Labute approximate surface area is 169 Å². The van der Waals surface area contributed by atoms with Crippen molar-refractivity contribution in [2.45, 2.75) is 19.4 Å². The Hall–Kier alpha value is -3.35. The number of nitrogens with one attached hydrogen (secondary N) is 1. The lowest BCUT2D eigenvalue weighted by Crippen LogP contribution is -2.29. The van der Waals surface area contributed by atoms with Crippen molar-refractivity contribution in [1.29, 1.82) is 0 Å². The molecule has 4 aromatic rings. The summed E-state index contributed by atoms with van der Waals surface area (Å²) in [4.78, 5) is 29.6. The molecule has 0 aliphatic carbocycles. The summed E-state index contributed by atoms with van der Waals surface area (Å²) in [5.41, 5.74) is 4.53. The highest BCUT2D eigenvalue weighted by Crippen LogP contribution is 2.29. The third-order valence-electron chi connectivity index (χ3n) is 5.79. The second-order valence-electron chi connectivity index (χ2n) is 7.92. The standard InChI is InChI=1S/C22H24N6O/c1-14-24-18-5-4-9-23-21(18)28(14)17-8-10-27(13-17)22(29)20-11-15-6-7-16(26(2)3)12-19(15)25-20/h4-7,9,11-12,17,25H,8,10,13H2,1-3H3/t17-/m1/s1. The minimum Gasteiger partial charge on any atom is -0.378 e. The lowest BCUT2D eigenvalue weighted by atomic mass is 10.2. The van der Waals surface area contributed by atoms with Gasteiger partial charge in [0.2, 0.25) is 0 Å². The molecule has 0 saturated carbocycles. The zero-order valence-corrected chi connectivity index (χ0v) is 16.9. The lowest BCUT2D eigenvalue weighted by Gasteiger charge is -2.17. The number of hydrogen-bond acceptors (Lipinski definition) is 4. The third-order valence-corrected chi connectivity index (χ3v) is 5.79. The minimum absolute atomic E-state index is 0.0464. The molecule has 0 bridgehead atoms. The molecular weight excluding hydrogens is 364 g/mol. The Morgan fingerprint density at radius 2 is 2.10 bits per heavy atom. The van der Waals surface area contributed by atoms with Gasteiger partial charge >= 0.3 is 0 Å². The summed E-state index contributed by atoms with van der Waals surface area (Å²) in [7, 11) is 4.02. The predicted octanol–water partition coefficient (Wildman–Crippen LogP) is 3.37. The van der Waals surface area contributed by atoms with E-state index in [1.54, 1.807) is 6.20 Å². The van der Waals surface area contributed by atoms with Crippen molar-refractivity contribution in [3.05, 3.63) is 54.1 Å². The fourth-order valence-electron chi connectivity index (χ4n) is 4.30. The van der Waals surface area contributed by atoms with Crippen LogP contribution >= 0.6 is 0 Å². The van der Waals surface area contributed by atoms with E-state index < -0.39 is 0 Å². The maximum atomic E-state index is 13.1. The molecule has 1 amide bonds. The molecule has 5 rings (SSSR count). The summed E-state index contributed by atoms with van der Waals surface area (Å²) in [6.07, 6.45) is 2.70. The van der Waals surface area contributed by atoms with Crippen LogP contribution in [0.3, 0.4) is 0 Å². The Kier molecular flexibility index (Phi) is 4.04. The zero-order valence-electron chi connectivity index (χ0n) is 16.9. The number of anilines is 1. The number of fused-ring (bicyclic) bond motifs is 2. The third kappa shape index (κ3) is 2.93. The van der Waals surface area contributed by atoms with Gasteiger partial charge in [-0.25, -0.2) is 9.97 Å². The predicted molar refractivity (Wildman–Crippen MR) is 114 cm³/mol. The first-order chi connectivity index (χ1) is 14.0. The summed E-state index contributed by atoms with van der Waals surface area (Å²) >= 11 is 0. The number of aromatic amines is 1. The van der Waals surface area contributed by atoms with Gasteiger partial charge in [-0.3, -0.25) is 4.79 Å². The summed E-state index contributed by atoms with van der Waals surface area (Å²) in [6.45, 7) is 3.40. The van der Waals surface area contributed by atoms with Crippen LogP contribution in [0.1, 0.15) is 28.8 Å². The molecule has 7 heteroatoms. The summed E-state index contributed by atoms with van der Waals surface area (Å²) in [6, 6.07) is 12.2. The number of nitrogens with zero attached hydrogens (tertiary/aromatic N) is 5. The molecule has 1 N–H and O–H groups in total. The molecule has 7 nitrogen and oxygen atoms in total. The Morgan fingerprint density at radius 3 is 2.93 bits per heavy atom. The van der Waals surface area contributed by atoms with Gasteiger partial charge in [-0.15, -0.1) is 0 Å². The van der Waals surface area contributed by atoms with Crippen LogP contribution in [-0.2, 0) is 0 Å². The average Bonchev–Trinajstić information content (AvgIpc) is 3.42. The van der Waals surface area contributed by atoms with Crippen LogP contribution < -0.4 is 4.90 Å². The number of hydrogen-bond donors (Lipinski definition) is 1. The lowest BCUT2D eigenvalue weighted by molar-refractivity contribution is 0.0783. The number of H-pyrrole nitrogens is 1. The summed E-state index contributed by atoms with van der Waals surface area (Å²) in [5, 5.41) is 1.05. The smallest absolute Gasteiger partial charge is 0.270 e. The number of aryl methyl sites for hydroxylation is 1. The van der Waals surface area contributed by atoms with Crippen LogP contribution in [-0.4, -0.2) is 57.5 Å². The normalized spacial score (nSPS) is 16.8. The van der Waals surface area contributed by atoms with E-state index in [2.05, 4.69) is 42.6 Å². The molecule has 4 heterocycles.